The molecule has 2 aliphatic rings. The molecular weight excluding hydrogens is 247 g/mol. The van der Waals surface area contributed by atoms with E-state index in [-0.39, 0.29) is 11.2 Å². The Morgan fingerprint density at radius 3 is 2.65 bits per heavy atom. The summed E-state index contributed by atoms with van der Waals surface area (Å²) in [5, 5.41) is 0. The molecular formula is C19H27F. The normalized spacial score (nSPS) is 32.8. The molecule has 0 saturated heterocycles. The first-order valence-corrected chi connectivity index (χ1v) is 7.61. The lowest BCUT2D eigenvalue weighted by Gasteiger charge is -2.12. The molecule has 0 amide bonds. The van der Waals surface area contributed by atoms with Crippen molar-refractivity contribution in [3.63, 3.8) is 0 Å². The highest BCUT2D eigenvalue weighted by Crippen LogP contribution is 2.63. The first-order valence-electron chi connectivity index (χ1n) is 7.61. The second-order valence-corrected chi connectivity index (χ2v) is 7.10. The molecule has 20 heavy (non-hydrogen) atoms. The predicted molar refractivity (Wildman–Crippen MR) is 85.0 cm³/mol. The molecule has 2 rings (SSSR count). The standard InChI is InChI=1S/C19H27F/c1-7-8-16-12(2)9-15(14(16)4)11-18-17(10-13(3)20)19(18,5)6/h7,10,15,17-18H,1-2,8-9,11H2,3-6H3/b13-10-. The van der Waals surface area contributed by atoms with E-state index in [1.54, 1.807) is 6.92 Å². The Morgan fingerprint density at radius 1 is 1.45 bits per heavy atom. The summed E-state index contributed by atoms with van der Waals surface area (Å²) in [5.41, 5.74) is 4.41. The van der Waals surface area contributed by atoms with Crippen LogP contribution >= 0.6 is 0 Å². The lowest BCUT2D eigenvalue weighted by Crippen LogP contribution is -2.02. The van der Waals surface area contributed by atoms with Crippen LogP contribution in [-0.2, 0) is 0 Å². The van der Waals surface area contributed by atoms with Crippen molar-refractivity contribution in [3.05, 3.63) is 47.9 Å². The molecule has 110 valence electrons. The molecule has 0 radical (unpaired) electrons. The number of hydrogen-bond acceptors (Lipinski definition) is 0. The molecule has 0 aromatic heterocycles. The monoisotopic (exact) mass is 274 g/mol. The molecule has 2 aliphatic carbocycles. The molecule has 0 bridgehead atoms. The van der Waals surface area contributed by atoms with E-state index in [2.05, 4.69) is 33.9 Å². The van der Waals surface area contributed by atoms with Crippen LogP contribution in [0, 0.1) is 23.2 Å². The molecule has 0 spiro atoms. The summed E-state index contributed by atoms with van der Waals surface area (Å²) in [6, 6.07) is 0. The van der Waals surface area contributed by atoms with Crippen molar-refractivity contribution in [3.8, 4) is 0 Å². The van der Waals surface area contributed by atoms with Gasteiger partial charge in [0.05, 0.1) is 5.83 Å². The SMILES string of the molecule is C=CCC1=C(C)C(CC2C(/C=C(/C)F)C2(C)C)CC1=C. The summed E-state index contributed by atoms with van der Waals surface area (Å²) < 4.78 is 13.2. The van der Waals surface area contributed by atoms with Crippen molar-refractivity contribution in [2.24, 2.45) is 23.2 Å². The van der Waals surface area contributed by atoms with Crippen molar-refractivity contribution in [2.45, 2.75) is 47.0 Å². The van der Waals surface area contributed by atoms with E-state index < -0.39 is 0 Å². The van der Waals surface area contributed by atoms with E-state index >= 15 is 0 Å². The fraction of sp³-hybridized carbons (Fsp3) is 0.579. The second-order valence-electron chi connectivity index (χ2n) is 7.10. The highest BCUT2D eigenvalue weighted by atomic mass is 19.1. The van der Waals surface area contributed by atoms with Gasteiger partial charge in [0.25, 0.3) is 0 Å². The van der Waals surface area contributed by atoms with E-state index in [0.717, 1.165) is 19.3 Å². The largest absolute Gasteiger partial charge is 0.212 e. The molecule has 1 saturated carbocycles. The summed E-state index contributed by atoms with van der Waals surface area (Å²) in [4.78, 5) is 0. The molecule has 1 fully saturated rings. The van der Waals surface area contributed by atoms with Gasteiger partial charge < -0.3 is 0 Å². The summed E-state index contributed by atoms with van der Waals surface area (Å²) in [6.07, 6.45) is 6.95. The fourth-order valence-corrected chi connectivity index (χ4v) is 3.93. The zero-order valence-corrected chi connectivity index (χ0v) is 13.3. The Labute approximate surface area is 123 Å². The van der Waals surface area contributed by atoms with Gasteiger partial charge in [0, 0.05) is 0 Å². The Balaban J connectivity index is 2.08. The van der Waals surface area contributed by atoms with E-state index in [0.29, 0.717) is 17.8 Å². The van der Waals surface area contributed by atoms with Crippen molar-refractivity contribution in [1.82, 2.24) is 0 Å². The van der Waals surface area contributed by atoms with Crippen LogP contribution < -0.4 is 0 Å². The van der Waals surface area contributed by atoms with Gasteiger partial charge in [-0.1, -0.05) is 37.6 Å². The molecule has 0 aromatic carbocycles. The quantitative estimate of drug-likeness (QED) is 0.540. The van der Waals surface area contributed by atoms with Crippen LogP contribution in [0.4, 0.5) is 4.39 Å². The van der Waals surface area contributed by atoms with Crippen LogP contribution in [0.5, 0.6) is 0 Å². The molecule has 1 heteroatoms. The Kier molecular flexibility index (Phi) is 4.09. The van der Waals surface area contributed by atoms with Gasteiger partial charge in [0.2, 0.25) is 0 Å². The molecule has 3 atom stereocenters. The number of halogens is 1. The smallest absolute Gasteiger partial charge is 0.0932 e. The zero-order valence-electron chi connectivity index (χ0n) is 13.3. The maximum Gasteiger partial charge on any atom is 0.0932 e. The van der Waals surface area contributed by atoms with E-state index in [4.69, 9.17) is 0 Å². The maximum atomic E-state index is 13.2. The third-order valence-corrected chi connectivity index (χ3v) is 5.44. The Hall–Kier alpha value is -1.11. The van der Waals surface area contributed by atoms with Gasteiger partial charge in [-0.05, 0) is 67.9 Å². The highest BCUT2D eigenvalue weighted by Gasteiger charge is 2.56. The lowest BCUT2D eigenvalue weighted by atomic mass is 9.92. The number of allylic oxidation sites excluding steroid dienone is 6. The molecule has 0 aliphatic heterocycles. The van der Waals surface area contributed by atoms with Gasteiger partial charge >= 0.3 is 0 Å². The average molecular weight is 274 g/mol. The molecule has 0 nitrogen and oxygen atoms in total. The van der Waals surface area contributed by atoms with Gasteiger partial charge in [0.1, 0.15) is 0 Å². The van der Waals surface area contributed by atoms with Crippen molar-refractivity contribution in [2.75, 3.05) is 0 Å². The Morgan fingerprint density at radius 2 is 2.10 bits per heavy atom. The third kappa shape index (κ3) is 2.68. The minimum Gasteiger partial charge on any atom is -0.212 e. The molecule has 0 aromatic rings. The van der Waals surface area contributed by atoms with Crippen molar-refractivity contribution in [1.29, 1.82) is 0 Å². The number of rotatable bonds is 5. The lowest BCUT2D eigenvalue weighted by molar-refractivity contribution is 0.461. The summed E-state index contributed by atoms with van der Waals surface area (Å²) in [6.45, 7) is 16.4. The first kappa shape index (κ1) is 15.3. The second kappa shape index (κ2) is 5.35. The van der Waals surface area contributed by atoms with E-state index in [1.807, 2.05) is 12.2 Å². The van der Waals surface area contributed by atoms with Crippen LogP contribution in [0.3, 0.4) is 0 Å². The first-order chi connectivity index (χ1) is 9.28. The Bertz CT molecular complexity index is 486. The molecule has 3 unspecified atom stereocenters. The van der Waals surface area contributed by atoms with Gasteiger partial charge in [-0.15, -0.1) is 6.58 Å². The summed E-state index contributed by atoms with van der Waals surface area (Å²) >= 11 is 0. The average Bonchev–Trinajstić information content (AvgIpc) is 2.71. The van der Waals surface area contributed by atoms with Crippen LogP contribution in [0.2, 0.25) is 0 Å². The molecule has 0 N–H and O–H groups in total. The van der Waals surface area contributed by atoms with Gasteiger partial charge in [-0.3, -0.25) is 0 Å². The van der Waals surface area contributed by atoms with E-state index in [9.17, 15) is 4.39 Å². The minimum atomic E-state index is -0.0407. The number of hydrogen-bond donors (Lipinski definition) is 0. The zero-order chi connectivity index (χ0) is 15.1. The van der Waals surface area contributed by atoms with Crippen molar-refractivity contribution < 1.29 is 4.39 Å². The third-order valence-electron chi connectivity index (χ3n) is 5.44. The maximum absolute atomic E-state index is 13.2. The van der Waals surface area contributed by atoms with Crippen LogP contribution in [0.1, 0.15) is 47.0 Å². The minimum absolute atomic E-state index is 0.0407. The van der Waals surface area contributed by atoms with E-state index in [1.165, 1.54) is 16.7 Å². The molecule has 0 heterocycles. The van der Waals surface area contributed by atoms with Crippen LogP contribution in [0.25, 0.3) is 0 Å². The van der Waals surface area contributed by atoms with Crippen molar-refractivity contribution >= 4 is 0 Å². The van der Waals surface area contributed by atoms with Gasteiger partial charge in [-0.2, -0.15) is 0 Å². The summed E-state index contributed by atoms with van der Waals surface area (Å²) in [7, 11) is 0. The predicted octanol–water partition coefficient (Wildman–Crippen LogP) is 5.99. The highest BCUT2D eigenvalue weighted by molar-refractivity contribution is 5.42. The fourth-order valence-electron chi connectivity index (χ4n) is 3.93. The van der Waals surface area contributed by atoms with Crippen LogP contribution in [0.15, 0.2) is 47.9 Å². The topological polar surface area (TPSA) is 0 Å². The van der Waals surface area contributed by atoms with Gasteiger partial charge in [0.15, 0.2) is 0 Å². The summed E-state index contributed by atoms with van der Waals surface area (Å²) in [5.74, 6) is 1.56. The van der Waals surface area contributed by atoms with Crippen LogP contribution in [-0.4, -0.2) is 0 Å². The van der Waals surface area contributed by atoms with Gasteiger partial charge in [-0.25, -0.2) is 4.39 Å².